The normalized spacial score (nSPS) is 21.4. The molecule has 0 aromatic carbocycles. The number of β-amino-alcohol motifs (C(OH)–C–C–N with tert-alkyl or cyclic N) is 1. The van der Waals surface area contributed by atoms with E-state index >= 15 is 0 Å². The molecule has 5 nitrogen and oxygen atoms in total. The third-order valence-corrected chi connectivity index (χ3v) is 3.20. The average molecular weight is 242 g/mol. The van der Waals surface area contributed by atoms with Crippen molar-refractivity contribution in [1.82, 2.24) is 9.80 Å². The first-order valence-corrected chi connectivity index (χ1v) is 6.36. The quantitative estimate of drug-likeness (QED) is 0.472. The van der Waals surface area contributed by atoms with Gasteiger partial charge in [0.1, 0.15) is 5.84 Å². The van der Waals surface area contributed by atoms with Gasteiger partial charge in [0.2, 0.25) is 0 Å². The topological polar surface area (TPSA) is 76.6 Å². The van der Waals surface area contributed by atoms with Crippen molar-refractivity contribution in [2.24, 2.45) is 5.73 Å². The third kappa shape index (κ3) is 4.61. The lowest BCUT2D eigenvalue weighted by Gasteiger charge is -2.40. The molecule has 1 aliphatic rings. The maximum Gasteiger partial charge on any atom is 0.108 e. The van der Waals surface area contributed by atoms with Gasteiger partial charge < -0.3 is 10.8 Å². The van der Waals surface area contributed by atoms with Gasteiger partial charge in [-0.3, -0.25) is 15.2 Å². The zero-order chi connectivity index (χ0) is 13.1. The van der Waals surface area contributed by atoms with Crippen LogP contribution in [0.4, 0.5) is 0 Å². The summed E-state index contributed by atoms with van der Waals surface area (Å²) in [6.45, 7) is 10.2. The molecule has 1 rings (SSSR count). The van der Waals surface area contributed by atoms with Crippen LogP contribution in [0.1, 0.15) is 27.2 Å². The van der Waals surface area contributed by atoms with E-state index in [1.54, 1.807) is 0 Å². The molecule has 1 unspecified atom stereocenters. The van der Waals surface area contributed by atoms with E-state index in [0.29, 0.717) is 6.54 Å². The molecular weight excluding hydrogens is 216 g/mol. The molecule has 0 saturated carbocycles. The van der Waals surface area contributed by atoms with E-state index < -0.39 is 5.60 Å². The minimum absolute atomic E-state index is 0.0827. The minimum Gasteiger partial charge on any atom is -0.389 e. The highest BCUT2D eigenvalue weighted by atomic mass is 16.3. The molecule has 17 heavy (non-hydrogen) atoms. The van der Waals surface area contributed by atoms with Crippen LogP contribution in [0.25, 0.3) is 0 Å². The summed E-state index contributed by atoms with van der Waals surface area (Å²) in [7, 11) is 0. The highest BCUT2D eigenvalue weighted by molar-refractivity contribution is 5.82. The van der Waals surface area contributed by atoms with E-state index in [2.05, 4.69) is 16.7 Å². The molecule has 100 valence electrons. The van der Waals surface area contributed by atoms with Crippen molar-refractivity contribution < 1.29 is 5.11 Å². The van der Waals surface area contributed by atoms with E-state index in [0.717, 1.165) is 32.6 Å². The van der Waals surface area contributed by atoms with Gasteiger partial charge in [0, 0.05) is 32.7 Å². The Balaban J connectivity index is 2.42. The van der Waals surface area contributed by atoms with Crippen LogP contribution in [0.2, 0.25) is 0 Å². The summed E-state index contributed by atoms with van der Waals surface area (Å²) in [6, 6.07) is 0.0827. The molecule has 1 aliphatic heterocycles. The van der Waals surface area contributed by atoms with Gasteiger partial charge in [-0.05, 0) is 20.3 Å². The lowest BCUT2D eigenvalue weighted by molar-refractivity contribution is 0.0148. The van der Waals surface area contributed by atoms with Crippen LogP contribution in [0.5, 0.6) is 0 Å². The fourth-order valence-corrected chi connectivity index (χ4v) is 2.46. The molecule has 0 aliphatic carbocycles. The first-order valence-electron chi connectivity index (χ1n) is 6.36. The molecule has 0 aromatic rings. The lowest BCUT2D eigenvalue weighted by atomic mass is 10.1. The number of aliphatic hydroxyl groups is 1. The Kier molecular flexibility index (Phi) is 4.91. The highest BCUT2D eigenvalue weighted by Crippen LogP contribution is 2.12. The van der Waals surface area contributed by atoms with Crippen molar-refractivity contribution in [2.75, 3.05) is 32.7 Å². The van der Waals surface area contributed by atoms with E-state index in [1.165, 1.54) is 0 Å². The van der Waals surface area contributed by atoms with Crippen LogP contribution in [0.3, 0.4) is 0 Å². The van der Waals surface area contributed by atoms with E-state index in [4.69, 9.17) is 11.1 Å². The Morgan fingerprint density at radius 3 is 2.24 bits per heavy atom. The second-order valence-electron chi connectivity index (χ2n) is 5.50. The summed E-state index contributed by atoms with van der Waals surface area (Å²) in [5, 5.41) is 17.3. The Morgan fingerprint density at radius 2 is 1.88 bits per heavy atom. The minimum atomic E-state index is -0.632. The summed E-state index contributed by atoms with van der Waals surface area (Å²) < 4.78 is 0. The molecular formula is C12H26N4O. The third-order valence-electron chi connectivity index (χ3n) is 3.20. The predicted molar refractivity (Wildman–Crippen MR) is 70.3 cm³/mol. The number of hydrogen-bond donors (Lipinski definition) is 3. The summed E-state index contributed by atoms with van der Waals surface area (Å²) in [6.07, 6.45) is 0.890. The lowest BCUT2D eigenvalue weighted by Crippen LogP contribution is -2.55. The van der Waals surface area contributed by atoms with Crippen molar-refractivity contribution in [3.05, 3.63) is 0 Å². The summed E-state index contributed by atoms with van der Waals surface area (Å²) in [4.78, 5) is 4.53. The molecule has 0 amide bonds. The number of rotatable bonds is 5. The van der Waals surface area contributed by atoms with Crippen molar-refractivity contribution >= 4 is 5.84 Å². The Morgan fingerprint density at radius 1 is 1.35 bits per heavy atom. The fraction of sp³-hybridized carbons (Fsp3) is 0.917. The van der Waals surface area contributed by atoms with Gasteiger partial charge in [-0.2, -0.15) is 0 Å². The van der Waals surface area contributed by atoms with Crippen LogP contribution >= 0.6 is 0 Å². The molecule has 1 heterocycles. The molecule has 1 atom stereocenters. The van der Waals surface area contributed by atoms with E-state index in [1.807, 2.05) is 13.8 Å². The monoisotopic (exact) mass is 242 g/mol. The number of nitrogens with one attached hydrogen (secondary N) is 1. The summed E-state index contributed by atoms with van der Waals surface area (Å²) in [5.74, 6) is 0.267. The molecule has 0 aromatic heterocycles. The van der Waals surface area contributed by atoms with Crippen molar-refractivity contribution in [3.63, 3.8) is 0 Å². The maximum atomic E-state index is 9.77. The van der Waals surface area contributed by atoms with Gasteiger partial charge in [-0.15, -0.1) is 0 Å². The van der Waals surface area contributed by atoms with Gasteiger partial charge in [0.15, 0.2) is 0 Å². The molecule has 0 radical (unpaired) electrons. The first-order chi connectivity index (χ1) is 7.83. The van der Waals surface area contributed by atoms with Crippen LogP contribution in [-0.4, -0.2) is 65.1 Å². The molecule has 5 heteroatoms. The highest BCUT2D eigenvalue weighted by Gasteiger charge is 2.26. The first kappa shape index (κ1) is 14.4. The van der Waals surface area contributed by atoms with Crippen LogP contribution < -0.4 is 5.73 Å². The van der Waals surface area contributed by atoms with Crippen molar-refractivity contribution in [3.8, 4) is 0 Å². The molecule has 0 bridgehead atoms. The van der Waals surface area contributed by atoms with Gasteiger partial charge in [0.25, 0.3) is 0 Å². The SMILES string of the molecule is CCC(C(=N)N)N1CCN(CC(C)(C)O)CC1. The van der Waals surface area contributed by atoms with Gasteiger partial charge in [-0.25, -0.2) is 0 Å². The molecule has 1 fully saturated rings. The Hall–Kier alpha value is -0.650. The zero-order valence-corrected chi connectivity index (χ0v) is 11.2. The van der Waals surface area contributed by atoms with E-state index in [9.17, 15) is 5.11 Å². The number of nitrogens with two attached hydrogens (primary N) is 1. The Labute approximate surface area is 104 Å². The molecule has 0 spiro atoms. The second kappa shape index (κ2) is 5.80. The number of hydrogen-bond acceptors (Lipinski definition) is 4. The predicted octanol–water partition coefficient (Wildman–Crippen LogP) is 0.0895. The fourth-order valence-electron chi connectivity index (χ4n) is 2.46. The van der Waals surface area contributed by atoms with Crippen LogP contribution in [0.15, 0.2) is 0 Å². The summed E-state index contributed by atoms with van der Waals surface area (Å²) >= 11 is 0. The number of piperazine rings is 1. The van der Waals surface area contributed by atoms with Crippen LogP contribution in [-0.2, 0) is 0 Å². The van der Waals surface area contributed by atoms with Crippen molar-refractivity contribution in [2.45, 2.75) is 38.8 Å². The van der Waals surface area contributed by atoms with Crippen molar-refractivity contribution in [1.29, 1.82) is 5.41 Å². The summed E-state index contributed by atoms with van der Waals surface area (Å²) in [5.41, 5.74) is 4.97. The van der Waals surface area contributed by atoms with Crippen LogP contribution in [0, 0.1) is 5.41 Å². The zero-order valence-electron chi connectivity index (χ0n) is 11.2. The van der Waals surface area contributed by atoms with Gasteiger partial charge in [0.05, 0.1) is 11.6 Å². The average Bonchev–Trinajstić information content (AvgIpc) is 2.18. The molecule has 1 saturated heterocycles. The number of amidine groups is 1. The molecule has 4 N–H and O–H groups in total. The van der Waals surface area contributed by atoms with Gasteiger partial charge >= 0.3 is 0 Å². The second-order valence-corrected chi connectivity index (χ2v) is 5.50. The van der Waals surface area contributed by atoms with E-state index in [-0.39, 0.29) is 11.9 Å². The smallest absolute Gasteiger partial charge is 0.108 e. The standard InChI is InChI=1S/C12H26N4O/c1-4-10(11(13)14)16-7-5-15(6-8-16)9-12(2,3)17/h10,17H,4-9H2,1-3H3,(H3,13,14). The largest absolute Gasteiger partial charge is 0.389 e. The number of nitrogens with zero attached hydrogens (tertiary/aromatic N) is 2. The Bertz CT molecular complexity index is 254. The maximum absolute atomic E-state index is 9.77. The van der Waals surface area contributed by atoms with Gasteiger partial charge in [-0.1, -0.05) is 6.92 Å².